The second-order valence-electron chi connectivity index (χ2n) is 5.05. The van der Waals surface area contributed by atoms with Crippen LogP contribution in [0.2, 0.25) is 0 Å². The molecule has 1 aliphatic heterocycles. The topological polar surface area (TPSA) is 75.8 Å². The van der Waals surface area contributed by atoms with Gasteiger partial charge in [0, 0.05) is 25.4 Å². The van der Waals surface area contributed by atoms with Gasteiger partial charge in [-0.15, -0.1) is 0 Å². The van der Waals surface area contributed by atoms with E-state index in [9.17, 15) is 9.90 Å². The van der Waals surface area contributed by atoms with E-state index < -0.39 is 11.9 Å². The maximum Gasteiger partial charge on any atom is 0.312 e. The number of benzene rings is 1. The van der Waals surface area contributed by atoms with Gasteiger partial charge in [0.05, 0.1) is 6.54 Å². The van der Waals surface area contributed by atoms with Crippen LogP contribution in [-0.2, 0) is 22.7 Å². The SMILES string of the molecule is COCc1cc(CN2CC(C(=O)O)c3ccccc32)no1. The van der Waals surface area contributed by atoms with E-state index in [-0.39, 0.29) is 0 Å². The number of aromatic nitrogens is 1. The molecular weight excluding hydrogens is 272 g/mol. The molecule has 1 aromatic carbocycles. The fourth-order valence-corrected chi connectivity index (χ4v) is 2.68. The Morgan fingerprint density at radius 2 is 2.33 bits per heavy atom. The predicted molar refractivity (Wildman–Crippen MR) is 75.1 cm³/mol. The van der Waals surface area contributed by atoms with Crippen LogP contribution in [0.25, 0.3) is 0 Å². The van der Waals surface area contributed by atoms with Crippen LogP contribution in [0.5, 0.6) is 0 Å². The van der Waals surface area contributed by atoms with E-state index in [2.05, 4.69) is 5.16 Å². The van der Waals surface area contributed by atoms with Gasteiger partial charge in [0.2, 0.25) is 0 Å². The van der Waals surface area contributed by atoms with Crippen molar-refractivity contribution < 1.29 is 19.2 Å². The first-order valence-corrected chi connectivity index (χ1v) is 6.69. The Morgan fingerprint density at radius 1 is 1.52 bits per heavy atom. The summed E-state index contributed by atoms with van der Waals surface area (Å²) in [5, 5.41) is 13.3. The van der Waals surface area contributed by atoms with Crippen LogP contribution in [-0.4, -0.2) is 29.9 Å². The molecule has 2 heterocycles. The highest BCUT2D eigenvalue weighted by Gasteiger charge is 2.33. The van der Waals surface area contributed by atoms with Gasteiger partial charge >= 0.3 is 5.97 Å². The van der Waals surface area contributed by atoms with Crippen molar-refractivity contribution in [3.05, 3.63) is 47.3 Å². The molecule has 2 aromatic rings. The number of hydrogen-bond donors (Lipinski definition) is 1. The third-order valence-electron chi connectivity index (χ3n) is 3.60. The van der Waals surface area contributed by atoms with E-state index in [4.69, 9.17) is 9.26 Å². The average Bonchev–Trinajstić information content (AvgIpc) is 3.05. The van der Waals surface area contributed by atoms with E-state index in [1.165, 1.54) is 0 Å². The number of fused-ring (bicyclic) bond motifs is 1. The summed E-state index contributed by atoms with van der Waals surface area (Å²) in [6, 6.07) is 9.42. The van der Waals surface area contributed by atoms with Crippen LogP contribution in [0.15, 0.2) is 34.9 Å². The lowest BCUT2D eigenvalue weighted by atomic mass is 10.0. The smallest absolute Gasteiger partial charge is 0.312 e. The molecule has 6 nitrogen and oxygen atoms in total. The van der Waals surface area contributed by atoms with Crippen LogP contribution in [0.3, 0.4) is 0 Å². The molecule has 0 amide bonds. The molecule has 21 heavy (non-hydrogen) atoms. The lowest BCUT2D eigenvalue weighted by molar-refractivity contribution is -0.138. The minimum Gasteiger partial charge on any atom is -0.481 e. The molecule has 1 atom stereocenters. The summed E-state index contributed by atoms with van der Waals surface area (Å²) in [5.41, 5.74) is 2.56. The van der Waals surface area contributed by atoms with Crippen molar-refractivity contribution in [1.29, 1.82) is 0 Å². The van der Waals surface area contributed by atoms with Crippen molar-refractivity contribution in [2.45, 2.75) is 19.1 Å². The van der Waals surface area contributed by atoms with Gasteiger partial charge < -0.3 is 19.3 Å². The van der Waals surface area contributed by atoms with E-state index >= 15 is 0 Å². The highest BCUT2D eigenvalue weighted by molar-refractivity contribution is 5.82. The Kier molecular flexibility index (Phi) is 3.62. The van der Waals surface area contributed by atoms with Gasteiger partial charge in [-0.05, 0) is 11.6 Å². The van der Waals surface area contributed by atoms with E-state index in [0.29, 0.717) is 25.5 Å². The van der Waals surface area contributed by atoms with Gasteiger partial charge in [-0.1, -0.05) is 23.4 Å². The molecule has 0 radical (unpaired) electrons. The summed E-state index contributed by atoms with van der Waals surface area (Å²) in [5.74, 6) is -0.633. The van der Waals surface area contributed by atoms with Crippen molar-refractivity contribution in [1.82, 2.24) is 5.16 Å². The van der Waals surface area contributed by atoms with Gasteiger partial charge in [-0.25, -0.2) is 0 Å². The Hall–Kier alpha value is -2.34. The summed E-state index contributed by atoms with van der Waals surface area (Å²) in [6.45, 7) is 1.34. The lowest BCUT2D eigenvalue weighted by Gasteiger charge is -2.17. The van der Waals surface area contributed by atoms with Gasteiger partial charge in [-0.2, -0.15) is 0 Å². The average molecular weight is 288 g/mol. The maximum absolute atomic E-state index is 11.4. The summed E-state index contributed by atoms with van der Waals surface area (Å²) in [6.07, 6.45) is 0. The fourth-order valence-electron chi connectivity index (χ4n) is 2.68. The zero-order chi connectivity index (χ0) is 14.8. The quantitative estimate of drug-likeness (QED) is 0.907. The Bertz CT molecular complexity index is 653. The zero-order valence-corrected chi connectivity index (χ0v) is 11.7. The van der Waals surface area contributed by atoms with E-state index in [0.717, 1.165) is 16.9 Å². The Morgan fingerprint density at radius 3 is 3.10 bits per heavy atom. The molecule has 0 saturated carbocycles. The van der Waals surface area contributed by atoms with E-state index in [1.807, 2.05) is 35.2 Å². The number of hydrogen-bond acceptors (Lipinski definition) is 5. The van der Waals surface area contributed by atoms with E-state index in [1.54, 1.807) is 7.11 Å². The first-order valence-electron chi connectivity index (χ1n) is 6.69. The predicted octanol–water partition coefficient (Wildman–Crippen LogP) is 2.01. The molecule has 1 aromatic heterocycles. The standard InChI is InChI=1S/C15H16N2O4/c1-20-9-11-6-10(16-21-11)7-17-8-13(15(18)19)12-4-2-3-5-14(12)17/h2-6,13H,7-9H2,1H3,(H,18,19). The number of ether oxygens (including phenoxy) is 1. The van der Waals surface area contributed by atoms with Gasteiger partial charge in [-0.3, -0.25) is 4.79 Å². The summed E-state index contributed by atoms with van der Waals surface area (Å²) in [7, 11) is 1.59. The number of carbonyl (C=O) groups is 1. The summed E-state index contributed by atoms with van der Waals surface area (Å²) >= 11 is 0. The van der Waals surface area contributed by atoms with Crippen LogP contribution in [0.1, 0.15) is 22.9 Å². The van der Waals surface area contributed by atoms with Gasteiger partial charge in [0.1, 0.15) is 18.2 Å². The highest BCUT2D eigenvalue weighted by Crippen LogP contribution is 2.36. The molecule has 0 aliphatic carbocycles. The Labute approximate surface area is 121 Å². The maximum atomic E-state index is 11.4. The Balaban J connectivity index is 1.81. The van der Waals surface area contributed by atoms with Gasteiger partial charge in [0.25, 0.3) is 0 Å². The molecular formula is C15H16N2O4. The van der Waals surface area contributed by atoms with Crippen molar-refractivity contribution in [3.63, 3.8) is 0 Å². The number of aliphatic carboxylic acids is 1. The van der Waals surface area contributed by atoms with Crippen molar-refractivity contribution in [2.75, 3.05) is 18.6 Å². The summed E-state index contributed by atoms with van der Waals surface area (Å²) in [4.78, 5) is 13.4. The number of nitrogens with zero attached hydrogens (tertiary/aromatic N) is 2. The molecule has 3 rings (SSSR count). The van der Waals surface area contributed by atoms with Crippen molar-refractivity contribution in [2.24, 2.45) is 0 Å². The molecule has 1 N–H and O–H groups in total. The van der Waals surface area contributed by atoms with Crippen molar-refractivity contribution >= 4 is 11.7 Å². The number of rotatable bonds is 5. The monoisotopic (exact) mass is 288 g/mol. The first kappa shape index (κ1) is 13.6. The van der Waals surface area contributed by atoms with Crippen LogP contribution in [0.4, 0.5) is 5.69 Å². The second kappa shape index (κ2) is 5.57. The lowest BCUT2D eigenvalue weighted by Crippen LogP contribution is -2.24. The van der Waals surface area contributed by atoms with Crippen LogP contribution < -0.4 is 4.90 Å². The van der Waals surface area contributed by atoms with Crippen LogP contribution >= 0.6 is 0 Å². The number of carboxylic acid groups (broad SMARTS) is 1. The van der Waals surface area contributed by atoms with Crippen molar-refractivity contribution in [3.8, 4) is 0 Å². The number of para-hydroxylation sites is 1. The fraction of sp³-hybridized carbons (Fsp3) is 0.333. The largest absolute Gasteiger partial charge is 0.481 e. The third-order valence-corrected chi connectivity index (χ3v) is 3.60. The summed E-state index contributed by atoms with van der Waals surface area (Å²) < 4.78 is 10.2. The highest BCUT2D eigenvalue weighted by atomic mass is 16.5. The molecule has 0 saturated heterocycles. The first-order chi connectivity index (χ1) is 10.2. The molecule has 0 bridgehead atoms. The molecule has 0 spiro atoms. The molecule has 0 fully saturated rings. The number of anilines is 1. The third kappa shape index (κ3) is 2.62. The number of methoxy groups -OCH3 is 1. The second-order valence-corrected chi connectivity index (χ2v) is 5.05. The normalized spacial score (nSPS) is 17.0. The zero-order valence-electron chi connectivity index (χ0n) is 11.7. The molecule has 1 unspecified atom stereocenters. The minimum absolute atomic E-state index is 0.376. The minimum atomic E-state index is -0.801. The molecule has 1 aliphatic rings. The van der Waals surface area contributed by atoms with Gasteiger partial charge in [0.15, 0.2) is 5.76 Å². The number of carboxylic acids is 1. The molecule has 6 heteroatoms. The molecule has 110 valence electrons. The van der Waals surface area contributed by atoms with Crippen LogP contribution in [0, 0.1) is 0 Å².